The quantitative estimate of drug-likeness (QED) is 0.829. The molecule has 76 valence electrons. The number of halogens is 1. The minimum atomic E-state index is -0.860. The highest BCUT2D eigenvalue weighted by Gasteiger charge is 2.22. The molecule has 0 unspecified atom stereocenters. The van der Waals surface area contributed by atoms with Gasteiger partial charge in [0.15, 0.2) is 0 Å². The largest absolute Gasteiger partial charge is 0.477 e. The molecule has 0 amide bonds. The number of carboxylic acids is 1. The number of carbonyl (C=O) groups is 1. The van der Waals surface area contributed by atoms with Gasteiger partial charge in [0.1, 0.15) is 5.69 Å². The second-order valence-electron chi connectivity index (χ2n) is 3.52. The van der Waals surface area contributed by atoms with Crippen molar-refractivity contribution >= 4 is 21.9 Å². The third kappa shape index (κ3) is 1.46. The predicted octanol–water partition coefficient (Wildman–Crippen LogP) is 1.39. The summed E-state index contributed by atoms with van der Waals surface area (Å²) in [5.41, 5.74) is 1.43. The van der Waals surface area contributed by atoms with E-state index in [0.717, 1.165) is 29.8 Å². The molecule has 0 atom stereocenters. The van der Waals surface area contributed by atoms with Gasteiger partial charge in [0.05, 0.1) is 0 Å². The summed E-state index contributed by atoms with van der Waals surface area (Å²) in [4.78, 5) is 13.1. The van der Waals surface area contributed by atoms with Crippen LogP contribution in [0.25, 0.3) is 0 Å². The Kier molecular flexibility index (Phi) is 2.36. The lowest BCUT2D eigenvalue weighted by Gasteiger charge is -2.25. The molecule has 0 saturated heterocycles. The Hall–Kier alpha value is -0.810. The fourth-order valence-electron chi connectivity index (χ4n) is 1.75. The number of aromatic carboxylic acids is 1. The Balaban J connectivity index is 2.49. The van der Waals surface area contributed by atoms with E-state index in [1.165, 1.54) is 0 Å². The van der Waals surface area contributed by atoms with Crippen molar-refractivity contribution in [3.63, 3.8) is 0 Å². The number of likely N-dealkylation sites (N-methyl/N-ethyl adjacent to an activating group) is 1. The molecule has 0 saturated carbocycles. The van der Waals surface area contributed by atoms with Crippen LogP contribution in [0.1, 0.15) is 16.2 Å². The third-order valence-electron chi connectivity index (χ3n) is 2.50. The molecule has 14 heavy (non-hydrogen) atoms. The monoisotopic (exact) mass is 258 g/mol. The molecular weight excluding hydrogens is 248 g/mol. The molecule has 0 aromatic carbocycles. The van der Waals surface area contributed by atoms with Crippen LogP contribution in [0, 0.1) is 0 Å². The van der Waals surface area contributed by atoms with Crippen molar-refractivity contribution in [1.29, 1.82) is 0 Å². The number of carboxylic acid groups (broad SMARTS) is 1. The highest BCUT2D eigenvalue weighted by Crippen LogP contribution is 2.25. The van der Waals surface area contributed by atoms with Crippen molar-refractivity contribution in [3.8, 4) is 0 Å². The molecule has 2 heterocycles. The van der Waals surface area contributed by atoms with Crippen LogP contribution in [0.2, 0.25) is 0 Å². The second kappa shape index (κ2) is 3.40. The maximum atomic E-state index is 10.9. The Bertz CT molecular complexity index is 386. The molecule has 4 nitrogen and oxygen atoms in total. The van der Waals surface area contributed by atoms with Crippen LogP contribution in [-0.4, -0.2) is 34.1 Å². The fourth-order valence-corrected chi connectivity index (χ4v) is 2.31. The van der Waals surface area contributed by atoms with Crippen LogP contribution < -0.4 is 0 Å². The van der Waals surface area contributed by atoms with E-state index in [-0.39, 0.29) is 0 Å². The third-order valence-corrected chi connectivity index (χ3v) is 3.19. The van der Waals surface area contributed by atoms with Crippen LogP contribution >= 0.6 is 15.9 Å². The van der Waals surface area contributed by atoms with E-state index in [1.807, 2.05) is 11.6 Å². The zero-order valence-electron chi connectivity index (χ0n) is 7.83. The molecule has 1 aliphatic rings. The molecule has 1 aromatic heterocycles. The molecular formula is C9H11BrN2O2. The van der Waals surface area contributed by atoms with E-state index >= 15 is 0 Å². The Morgan fingerprint density at radius 3 is 2.93 bits per heavy atom. The minimum absolute atomic E-state index is 0.375. The molecule has 1 aliphatic heterocycles. The van der Waals surface area contributed by atoms with Gasteiger partial charge in [-0.3, -0.25) is 4.90 Å². The van der Waals surface area contributed by atoms with E-state index in [0.29, 0.717) is 5.69 Å². The molecule has 0 bridgehead atoms. The molecule has 1 aromatic rings. The number of rotatable bonds is 1. The highest BCUT2D eigenvalue weighted by molar-refractivity contribution is 9.10. The summed E-state index contributed by atoms with van der Waals surface area (Å²) < 4.78 is 2.76. The number of nitrogens with zero attached hydrogens (tertiary/aromatic N) is 2. The van der Waals surface area contributed by atoms with Gasteiger partial charge in [-0.2, -0.15) is 0 Å². The Labute approximate surface area is 90.3 Å². The average molecular weight is 259 g/mol. The van der Waals surface area contributed by atoms with Gasteiger partial charge in [-0.25, -0.2) is 4.79 Å². The molecule has 0 spiro atoms. The Morgan fingerprint density at radius 1 is 1.57 bits per heavy atom. The van der Waals surface area contributed by atoms with Crippen LogP contribution in [0.15, 0.2) is 10.5 Å². The molecule has 0 aliphatic carbocycles. The molecule has 2 rings (SSSR count). The van der Waals surface area contributed by atoms with Crippen molar-refractivity contribution in [2.75, 3.05) is 13.6 Å². The maximum Gasteiger partial charge on any atom is 0.352 e. The van der Waals surface area contributed by atoms with Gasteiger partial charge in [-0.15, -0.1) is 0 Å². The minimum Gasteiger partial charge on any atom is -0.477 e. The predicted molar refractivity (Wildman–Crippen MR) is 55.4 cm³/mol. The summed E-state index contributed by atoms with van der Waals surface area (Å²) in [6.07, 6.45) is 0. The average Bonchev–Trinajstić information content (AvgIpc) is 2.44. The summed E-state index contributed by atoms with van der Waals surface area (Å²) in [5.74, 6) is -0.860. The van der Waals surface area contributed by atoms with Crippen molar-refractivity contribution in [2.24, 2.45) is 0 Å². The first-order valence-corrected chi connectivity index (χ1v) is 5.18. The van der Waals surface area contributed by atoms with E-state index in [4.69, 9.17) is 5.11 Å². The lowest BCUT2D eigenvalue weighted by molar-refractivity contribution is 0.0681. The summed E-state index contributed by atoms with van der Waals surface area (Å²) in [5, 5.41) is 8.96. The first-order chi connectivity index (χ1) is 6.59. The van der Waals surface area contributed by atoms with Gasteiger partial charge in [0.2, 0.25) is 0 Å². The van der Waals surface area contributed by atoms with Crippen LogP contribution in [-0.2, 0) is 13.1 Å². The van der Waals surface area contributed by atoms with Crippen molar-refractivity contribution in [3.05, 3.63) is 21.9 Å². The van der Waals surface area contributed by atoms with Gasteiger partial charge >= 0.3 is 5.97 Å². The SMILES string of the molecule is CN1CCn2c(C(=O)O)cc(Br)c2C1. The number of aromatic nitrogens is 1. The van der Waals surface area contributed by atoms with E-state index < -0.39 is 5.97 Å². The molecule has 0 radical (unpaired) electrons. The summed E-state index contributed by atoms with van der Waals surface area (Å²) >= 11 is 3.39. The van der Waals surface area contributed by atoms with Gasteiger partial charge in [-0.1, -0.05) is 0 Å². The standard InChI is InChI=1S/C9H11BrN2O2/c1-11-2-3-12-7(9(13)14)4-6(10)8(12)5-11/h4H,2-3,5H2,1H3,(H,13,14). The number of hydrogen-bond acceptors (Lipinski definition) is 2. The first kappa shape index (κ1) is 9.73. The molecule has 5 heteroatoms. The number of fused-ring (bicyclic) bond motifs is 1. The fraction of sp³-hybridized carbons (Fsp3) is 0.444. The first-order valence-electron chi connectivity index (χ1n) is 4.39. The second-order valence-corrected chi connectivity index (χ2v) is 4.37. The van der Waals surface area contributed by atoms with Crippen molar-refractivity contribution in [2.45, 2.75) is 13.1 Å². The highest BCUT2D eigenvalue weighted by atomic mass is 79.9. The number of hydrogen-bond donors (Lipinski definition) is 1. The smallest absolute Gasteiger partial charge is 0.352 e. The van der Waals surface area contributed by atoms with Crippen molar-refractivity contribution < 1.29 is 9.90 Å². The van der Waals surface area contributed by atoms with Crippen molar-refractivity contribution in [1.82, 2.24) is 9.47 Å². The maximum absolute atomic E-state index is 10.9. The summed E-state index contributed by atoms with van der Waals surface area (Å²) in [6.45, 7) is 2.45. The zero-order valence-corrected chi connectivity index (χ0v) is 9.41. The molecule has 0 fully saturated rings. The van der Waals surface area contributed by atoms with Gasteiger partial charge < -0.3 is 9.67 Å². The van der Waals surface area contributed by atoms with E-state index in [2.05, 4.69) is 20.8 Å². The zero-order chi connectivity index (χ0) is 10.3. The van der Waals surface area contributed by atoms with E-state index in [9.17, 15) is 4.79 Å². The lowest BCUT2D eigenvalue weighted by atomic mass is 10.3. The summed E-state index contributed by atoms with van der Waals surface area (Å²) in [7, 11) is 2.03. The van der Waals surface area contributed by atoms with Crippen LogP contribution in [0.4, 0.5) is 0 Å². The molecule has 1 N–H and O–H groups in total. The van der Waals surface area contributed by atoms with Gasteiger partial charge in [0, 0.05) is 29.8 Å². The Morgan fingerprint density at radius 2 is 2.29 bits per heavy atom. The van der Waals surface area contributed by atoms with Gasteiger partial charge in [0.25, 0.3) is 0 Å². The van der Waals surface area contributed by atoms with E-state index in [1.54, 1.807) is 6.07 Å². The topological polar surface area (TPSA) is 45.5 Å². The lowest BCUT2D eigenvalue weighted by Crippen LogP contribution is -2.31. The summed E-state index contributed by atoms with van der Waals surface area (Å²) in [6, 6.07) is 1.68. The normalized spacial score (nSPS) is 16.7. The van der Waals surface area contributed by atoms with Crippen LogP contribution in [0.5, 0.6) is 0 Å². The van der Waals surface area contributed by atoms with Crippen LogP contribution in [0.3, 0.4) is 0 Å². The van der Waals surface area contributed by atoms with Gasteiger partial charge in [-0.05, 0) is 29.0 Å².